The van der Waals surface area contributed by atoms with Gasteiger partial charge in [-0.15, -0.1) is 0 Å². The molecule has 1 saturated heterocycles. The van der Waals surface area contributed by atoms with E-state index in [9.17, 15) is 9.90 Å². The minimum absolute atomic E-state index is 0.101. The molecule has 21 heavy (non-hydrogen) atoms. The minimum atomic E-state index is 0.101. The van der Waals surface area contributed by atoms with Gasteiger partial charge in [-0.3, -0.25) is 4.79 Å². The van der Waals surface area contributed by atoms with Crippen molar-refractivity contribution in [2.24, 2.45) is 11.8 Å². The number of hydrogen-bond acceptors (Lipinski definition) is 2. The molecule has 0 radical (unpaired) electrons. The van der Waals surface area contributed by atoms with Gasteiger partial charge in [0, 0.05) is 19.5 Å². The molecule has 1 N–H and O–H groups in total. The van der Waals surface area contributed by atoms with Gasteiger partial charge >= 0.3 is 0 Å². The first kappa shape index (κ1) is 14.6. The third-order valence-corrected chi connectivity index (χ3v) is 4.80. The molecule has 2 aliphatic rings. The second-order valence-electron chi connectivity index (χ2n) is 6.66. The molecule has 3 rings (SSSR count). The maximum Gasteiger partial charge on any atom is 0.222 e. The summed E-state index contributed by atoms with van der Waals surface area (Å²) in [6.07, 6.45) is 6.63. The van der Waals surface area contributed by atoms with Gasteiger partial charge in [0.05, 0.1) is 6.61 Å². The summed E-state index contributed by atoms with van der Waals surface area (Å²) >= 11 is 0. The van der Waals surface area contributed by atoms with Crippen molar-refractivity contribution >= 4 is 5.91 Å². The molecule has 1 aliphatic carbocycles. The Balaban J connectivity index is 1.48. The molecule has 1 aromatic carbocycles. The summed E-state index contributed by atoms with van der Waals surface area (Å²) < 4.78 is 0. The Morgan fingerprint density at radius 3 is 2.76 bits per heavy atom. The van der Waals surface area contributed by atoms with E-state index >= 15 is 0 Å². The van der Waals surface area contributed by atoms with Crippen molar-refractivity contribution in [3.63, 3.8) is 0 Å². The zero-order valence-corrected chi connectivity index (χ0v) is 12.6. The molecule has 1 aromatic rings. The second kappa shape index (κ2) is 6.61. The van der Waals surface area contributed by atoms with Crippen LogP contribution in [0.2, 0.25) is 0 Å². The number of nitrogens with zero attached hydrogens (tertiary/aromatic N) is 1. The molecule has 3 heteroatoms. The first-order valence-electron chi connectivity index (χ1n) is 8.21. The number of hydrogen-bond donors (Lipinski definition) is 1. The number of carbonyl (C=O) groups excluding carboxylic acids is 1. The molecule has 1 atom stereocenters. The van der Waals surface area contributed by atoms with Crippen molar-refractivity contribution in [2.45, 2.75) is 45.1 Å². The molecule has 1 heterocycles. The van der Waals surface area contributed by atoms with Crippen molar-refractivity contribution in [3.05, 3.63) is 35.4 Å². The van der Waals surface area contributed by atoms with Gasteiger partial charge in [0.15, 0.2) is 0 Å². The van der Waals surface area contributed by atoms with Gasteiger partial charge in [0.1, 0.15) is 0 Å². The summed E-state index contributed by atoms with van der Waals surface area (Å²) in [5.41, 5.74) is 2.25. The molecule has 1 saturated carbocycles. The molecule has 0 spiro atoms. The van der Waals surface area contributed by atoms with E-state index in [2.05, 4.69) is 17.0 Å². The van der Waals surface area contributed by atoms with Gasteiger partial charge in [0.2, 0.25) is 5.91 Å². The zero-order chi connectivity index (χ0) is 14.7. The van der Waals surface area contributed by atoms with E-state index in [0.29, 0.717) is 11.8 Å². The Hall–Kier alpha value is -1.35. The lowest BCUT2D eigenvalue weighted by atomic mass is 9.97. The summed E-state index contributed by atoms with van der Waals surface area (Å²) in [5, 5.41) is 9.19. The first-order valence-corrected chi connectivity index (χ1v) is 8.21. The Bertz CT molecular complexity index is 496. The van der Waals surface area contributed by atoms with E-state index in [0.717, 1.165) is 50.3 Å². The third-order valence-electron chi connectivity index (χ3n) is 4.80. The largest absolute Gasteiger partial charge is 0.392 e. The smallest absolute Gasteiger partial charge is 0.222 e. The maximum atomic E-state index is 12.2. The molecule has 3 nitrogen and oxygen atoms in total. The molecule has 0 aromatic heterocycles. The van der Waals surface area contributed by atoms with Crippen LogP contribution in [-0.2, 0) is 17.8 Å². The topological polar surface area (TPSA) is 40.5 Å². The number of aliphatic hydroxyl groups is 1. The minimum Gasteiger partial charge on any atom is -0.392 e. The van der Waals surface area contributed by atoms with Gasteiger partial charge < -0.3 is 10.0 Å². The lowest BCUT2D eigenvalue weighted by molar-refractivity contribution is -0.130. The van der Waals surface area contributed by atoms with Gasteiger partial charge in [-0.25, -0.2) is 0 Å². The summed E-state index contributed by atoms with van der Waals surface area (Å²) in [5.74, 6) is 1.77. The highest BCUT2D eigenvalue weighted by atomic mass is 16.3. The van der Waals surface area contributed by atoms with E-state index in [-0.39, 0.29) is 6.61 Å². The standard InChI is InChI=1S/C18H25NO2/c20-13-17-3-1-2-15(11-17)10-16-8-9-19(12-16)18(21)7-6-14-4-5-14/h1-3,11,14,16,20H,4-10,12-13H2/t16-/m1/s1. The summed E-state index contributed by atoms with van der Waals surface area (Å²) in [7, 11) is 0. The normalized spacial score (nSPS) is 21.8. The fourth-order valence-corrected chi connectivity index (χ4v) is 3.31. The Morgan fingerprint density at radius 2 is 2.00 bits per heavy atom. The van der Waals surface area contributed by atoms with Crippen LogP contribution in [0.3, 0.4) is 0 Å². The Kier molecular flexibility index (Phi) is 4.59. The highest BCUT2D eigenvalue weighted by Gasteiger charge is 2.28. The summed E-state index contributed by atoms with van der Waals surface area (Å²) in [6.45, 7) is 1.94. The van der Waals surface area contributed by atoms with Crippen LogP contribution >= 0.6 is 0 Å². The van der Waals surface area contributed by atoms with Crippen LogP contribution < -0.4 is 0 Å². The monoisotopic (exact) mass is 287 g/mol. The van der Waals surface area contributed by atoms with Crippen molar-refractivity contribution in [1.82, 2.24) is 4.90 Å². The molecule has 0 unspecified atom stereocenters. The zero-order valence-electron chi connectivity index (χ0n) is 12.6. The van der Waals surface area contributed by atoms with Gasteiger partial charge in [-0.05, 0) is 42.2 Å². The average molecular weight is 287 g/mol. The van der Waals surface area contributed by atoms with Gasteiger partial charge in [0.25, 0.3) is 0 Å². The first-order chi connectivity index (χ1) is 10.2. The number of benzene rings is 1. The van der Waals surface area contributed by atoms with E-state index in [4.69, 9.17) is 0 Å². The highest BCUT2D eigenvalue weighted by molar-refractivity contribution is 5.76. The van der Waals surface area contributed by atoms with Crippen LogP contribution in [0.4, 0.5) is 0 Å². The fraction of sp³-hybridized carbons (Fsp3) is 0.611. The van der Waals surface area contributed by atoms with Crippen molar-refractivity contribution in [1.29, 1.82) is 0 Å². The molecular weight excluding hydrogens is 262 g/mol. The van der Waals surface area contributed by atoms with E-state index in [1.54, 1.807) is 0 Å². The van der Waals surface area contributed by atoms with E-state index in [1.807, 2.05) is 12.1 Å². The van der Waals surface area contributed by atoms with Crippen molar-refractivity contribution in [2.75, 3.05) is 13.1 Å². The number of amides is 1. The average Bonchev–Trinajstić information content (AvgIpc) is 3.23. The summed E-state index contributed by atoms with van der Waals surface area (Å²) in [6, 6.07) is 8.16. The van der Waals surface area contributed by atoms with Crippen molar-refractivity contribution in [3.8, 4) is 0 Å². The SMILES string of the molecule is O=C(CCC1CC1)N1CC[C@H](Cc2cccc(CO)c2)C1. The number of carbonyl (C=O) groups is 1. The Labute approximate surface area is 127 Å². The molecule has 1 amide bonds. The molecule has 0 bridgehead atoms. The fourth-order valence-electron chi connectivity index (χ4n) is 3.31. The van der Waals surface area contributed by atoms with Crippen LogP contribution in [-0.4, -0.2) is 29.0 Å². The molecule has 114 valence electrons. The molecule has 1 aliphatic heterocycles. The quantitative estimate of drug-likeness (QED) is 0.874. The second-order valence-corrected chi connectivity index (χ2v) is 6.66. The van der Waals surface area contributed by atoms with Crippen LogP contribution in [0.25, 0.3) is 0 Å². The lowest BCUT2D eigenvalue weighted by Gasteiger charge is -2.16. The number of rotatable bonds is 6. The van der Waals surface area contributed by atoms with Gasteiger partial charge in [-0.1, -0.05) is 37.1 Å². The van der Waals surface area contributed by atoms with Crippen LogP contribution in [0, 0.1) is 11.8 Å². The van der Waals surface area contributed by atoms with Crippen LogP contribution in [0.1, 0.15) is 43.2 Å². The highest BCUT2D eigenvalue weighted by Crippen LogP contribution is 2.34. The third kappa shape index (κ3) is 4.07. The maximum absolute atomic E-state index is 12.2. The predicted octanol–water partition coefficient (Wildman–Crippen LogP) is 2.76. The number of aliphatic hydroxyl groups excluding tert-OH is 1. The van der Waals surface area contributed by atoms with Gasteiger partial charge in [-0.2, -0.15) is 0 Å². The predicted molar refractivity (Wildman–Crippen MR) is 82.7 cm³/mol. The van der Waals surface area contributed by atoms with Crippen LogP contribution in [0.5, 0.6) is 0 Å². The van der Waals surface area contributed by atoms with Crippen LogP contribution in [0.15, 0.2) is 24.3 Å². The Morgan fingerprint density at radius 1 is 1.19 bits per heavy atom. The summed E-state index contributed by atoms with van der Waals surface area (Å²) in [4.78, 5) is 14.2. The number of likely N-dealkylation sites (tertiary alicyclic amines) is 1. The lowest BCUT2D eigenvalue weighted by Crippen LogP contribution is -2.28. The molecular formula is C18H25NO2. The van der Waals surface area contributed by atoms with Crippen molar-refractivity contribution < 1.29 is 9.90 Å². The molecule has 2 fully saturated rings. The van der Waals surface area contributed by atoms with E-state index in [1.165, 1.54) is 18.4 Å². The van der Waals surface area contributed by atoms with E-state index < -0.39 is 0 Å².